The van der Waals surface area contributed by atoms with E-state index in [2.05, 4.69) is 25.6 Å². The van der Waals surface area contributed by atoms with Crippen LogP contribution in [0, 0.1) is 12.8 Å². The van der Waals surface area contributed by atoms with E-state index in [1.165, 1.54) is 11.3 Å². The van der Waals surface area contributed by atoms with Gasteiger partial charge in [-0.2, -0.15) is 18.2 Å². The molecular formula is C20H22F3N5O2S. The molecule has 0 bridgehead atoms. The number of benzene rings is 1. The van der Waals surface area contributed by atoms with E-state index in [1.807, 2.05) is 31.2 Å². The van der Waals surface area contributed by atoms with Gasteiger partial charge in [0.25, 0.3) is 0 Å². The topological polar surface area (TPSA) is 103 Å². The van der Waals surface area contributed by atoms with Gasteiger partial charge >= 0.3 is 6.18 Å². The summed E-state index contributed by atoms with van der Waals surface area (Å²) < 4.78 is 39.0. The minimum atomic E-state index is -4.42. The molecule has 31 heavy (non-hydrogen) atoms. The van der Waals surface area contributed by atoms with Crippen molar-refractivity contribution in [3.8, 4) is 10.6 Å². The van der Waals surface area contributed by atoms with Crippen LogP contribution in [0.2, 0.25) is 0 Å². The highest BCUT2D eigenvalue weighted by Gasteiger charge is 2.39. The van der Waals surface area contributed by atoms with Crippen molar-refractivity contribution in [3.63, 3.8) is 0 Å². The largest absolute Gasteiger partial charge is 0.405 e. The van der Waals surface area contributed by atoms with Crippen LogP contribution in [0.5, 0.6) is 0 Å². The molecule has 4 rings (SSSR count). The molecule has 1 aromatic carbocycles. The molecule has 7 nitrogen and oxygen atoms in total. The highest BCUT2D eigenvalue weighted by molar-refractivity contribution is 7.21. The Hall–Kier alpha value is -2.50. The van der Waals surface area contributed by atoms with Crippen LogP contribution >= 0.6 is 11.3 Å². The molecule has 11 heteroatoms. The number of alkyl halides is 3. The molecule has 166 valence electrons. The number of aliphatic hydroxyl groups is 2. The predicted molar refractivity (Wildman–Crippen MR) is 113 cm³/mol. The molecule has 0 amide bonds. The predicted octanol–water partition coefficient (Wildman–Crippen LogP) is 3.58. The van der Waals surface area contributed by atoms with E-state index in [4.69, 9.17) is 0 Å². The maximum Gasteiger partial charge on any atom is 0.405 e. The molecule has 1 saturated carbocycles. The van der Waals surface area contributed by atoms with Crippen molar-refractivity contribution in [2.24, 2.45) is 5.92 Å². The summed E-state index contributed by atoms with van der Waals surface area (Å²) in [4.78, 5) is 13.1. The Morgan fingerprint density at radius 1 is 1.13 bits per heavy atom. The number of aryl methyl sites for hydroxylation is 1. The van der Waals surface area contributed by atoms with Gasteiger partial charge in [0.05, 0.1) is 33.6 Å². The lowest BCUT2D eigenvalue weighted by atomic mass is 10.1. The number of thiazole rings is 1. The van der Waals surface area contributed by atoms with Crippen LogP contribution in [0.25, 0.3) is 20.8 Å². The van der Waals surface area contributed by atoms with Crippen molar-refractivity contribution in [1.29, 1.82) is 0 Å². The Kier molecular flexibility index (Phi) is 5.75. The molecule has 0 radical (unpaired) electrons. The lowest BCUT2D eigenvalue weighted by Crippen LogP contribution is -2.35. The summed E-state index contributed by atoms with van der Waals surface area (Å²) in [6, 6.07) is 7.06. The second kappa shape index (κ2) is 8.21. The lowest BCUT2D eigenvalue weighted by Gasteiger charge is -2.21. The van der Waals surface area contributed by atoms with E-state index in [0.29, 0.717) is 22.7 Å². The van der Waals surface area contributed by atoms with Gasteiger partial charge in [-0.25, -0.2) is 9.97 Å². The van der Waals surface area contributed by atoms with Crippen molar-refractivity contribution in [1.82, 2.24) is 15.0 Å². The third-order valence-corrected chi connectivity index (χ3v) is 6.39. The Bertz CT molecular complexity index is 1060. The molecule has 2 heterocycles. The zero-order valence-corrected chi connectivity index (χ0v) is 17.6. The number of anilines is 2. The molecule has 2 aromatic heterocycles. The van der Waals surface area contributed by atoms with Crippen LogP contribution < -0.4 is 10.6 Å². The van der Waals surface area contributed by atoms with Gasteiger partial charge in [0.15, 0.2) is 0 Å². The number of aromatic nitrogens is 3. The molecule has 1 fully saturated rings. The molecule has 1 aliphatic carbocycles. The molecule has 0 spiro atoms. The quantitative estimate of drug-likeness (QED) is 0.468. The number of nitrogens with one attached hydrogen (secondary N) is 2. The summed E-state index contributed by atoms with van der Waals surface area (Å²) in [6.45, 7) is 2.23. The summed E-state index contributed by atoms with van der Waals surface area (Å²) in [7, 11) is 0. The fourth-order valence-corrected chi connectivity index (χ4v) is 4.81. The summed E-state index contributed by atoms with van der Waals surface area (Å²) in [5.41, 5.74) is 1.79. The second-order valence-corrected chi connectivity index (χ2v) is 8.79. The Balaban J connectivity index is 1.75. The molecule has 4 unspecified atom stereocenters. The maximum atomic E-state index is 12.7. The van der Waals surface area contributed by atoms with Crippen LogP contribution in [-0.2, 0) is 0 Å². The number of nitrogens with zero attached hydrogens (tertiary/aromatic N) is 3. The van der Waals surface area contributed by atoms with Crippen molar-refractivity contribution in [3.05, 3.63) is 30.0 Å². The van der Waals surface area contributed by atoms with Crippen LogP contribution in [-0.4, -0.2) is 56.1 Å². The smallest absolute Gasteiger partial charge is 0.390 e. The van der Waals surface area contributed by atoms with Gasteiger partial charge < -0.3 is 20.8 Å². The Labute approximate surface area is 180 Å². The standard InChI is InChI=1S/C20H22F3N5O2S/c1-9-7-12(16(30)15(9)29)26-17-14(18-27-11-5-3-4-6-13(11)31-18)10(2)25-19(28-17)24-8-20(21,22)23/h3-6,9,12,15-16,29-30H,7-8H2,1-2H3,(H2,24,25,26,28). The SMILES string of the molecule is Cc1nc(NCC(F)(F)F)nc(NC2CC(C)C(O)C2O)c1-c1nc2ccccc2s1. The van der Waals surface area contributed by atoms with Crippen molar-refractivity contribution < 1.29 is 23.4 Å². The Morgan fingerprint density at radius 2 is 1.87 bits per heavy atom. The van der Waals surface area contributed by atoms with Crippen molar-refractivity contribution in [2.45, 2.75) is 44.7 Å². The normalized spacial score (nSPS) is 24.0. The van der Waals surface area contributed by atoms with Gasteiger partial charge in [-0.3, -0.25) is 0 Å². The lowest BCUT2D eigenvalue weighted by molar-refractivity contribution is -0.115. The average Bonchev–Trinajstić information content (AvgIpc) is 3.22. The summed E-state index contributed by atoms with van der Waals surface area (Å²) in [5, 5.41) is 26.4. The monoisotopic (exact) mass is 453 g/mol. The minimum absolute atomic E-state index is 0.135. The second-order valence-electron chi connectivity index (χ2n) is 7.76. The number of fused-ring (bicyclic) bond motifs is 1. The van der Waals surface area contributed by atoms with Gasteiger partial charge in [0.2, 0.25) is 5.95 Å². The minimum Gasteiger partial charge on any atom is -0.390 e. The summed E-state index contributed by atoms with van der Waals surface area (Å²) >= 11 is 1.42. The Morgan fingerprint density at radius 3 is 2.52 bits per heavy atom. The third kappa shape index (κ3) is 4.58. The molecule has 3 aromatic rings. The molecule has 1 aliphatic rings. The fourth-order valence-electron chi connectivity index (χ4n) is 3.74. The van der Waals surface area contributed by atoms with E-state index in [1.54, 1.807) is 6.92 Å². The first-order valence-corrected chi connectivity index (χ1v) is 10.6. The molecule has 0 aliphatic heterocycles. The summed E-state index contributed by atoms with van der Waals surface area (Å²) in [5.74, 6) is -0.0472. The van der Waals surface area contributed by atoms with E-state index < -0.39 is 31.0 Å². The zero-order valence-electron chi connectivity index (χ0n) is 16.8. The van der Waals surface area contributed by atoms with E-state index in [-0.39, 0.29) is 17.7 Å². The molecule has 4 atom stereocenters. The van der Waals surface area contributed by atoms with Crippen LogP contribution in [0.3, 0.4) is 0 Å². The van der Waals surface area contributed by atoms with Gasteiger partial charge in [0.1, 0.15) is 23.5 Å². The number of para-hydroxylation sites is 1. The highest BCUT2D eigenvalue weighted by Crippen LogP contribution is 2.38. The van der Waals surface area contributed by atoms with Gasteiger partial charge in [-0.15, -0.1) is 11.3 Å². The number of halogens is 3. The van der Waals surface area contributed by atoms with Crippen LogP contribution in [0.15, 0.2) is 24.3 Å². The van der Waals surface area contributed by atoms with Crippen LogP contribution in [0.4, 0.5) is 24.9 Å². The van der Waals surface area contributed by atoms with Gasteiger partial charge in [-0.05, 0) is 31.4 Å². The van der Waals surface area contributed by atoms with Crippen molar-refractivity contribution in [2.75, 3.05) is 17.2 Å². The van der Waals surface area contributed by atoms with E-state index >= 15 is 0 Å². The average molecular weight is 453 g/mol. The highest BCUT2D eigenvalue weighted by atomic mass is 32.1. The van der Waals surface area contributed by atoms with Gasteiger partial charge in [-0.1, -0.05) is 19.1 Å². The van der Waals surface area contributed by atoms with Gasteiger partial charge in [0, 0.05) is 0 Å². The first kappa shape index (κ1) is 21.7. The number of rotatable bonds is 5. The maximum absolute atomic E-state index is 12.7. The number of aliphatic hydroxyl groups excluding tert-OH is 2. The van der Waals surface area contributed by atoms with Crippen molar-refractivity contribution >= 4 is 33.3 Å². The van der Waals surface area contributed by atoms with Crippen LogP contribution in [0.1, 0.15) is 19.0 Å². The van der Waals surface area contributed by atoms with E-state index in [0.717, 1.165) is 10.2 Å². The number of hydrogen-bond acceptors (Lipinski definition) is 8. The molecule has 4 N–H and O–H groups in total. The summed E-state index contributed by atoms with van der Waals surface area (Å²) in [6.07, 6.45) is -5.86. The first-order valence-electron chi connectivity index (χ1n) is 9.80. The molecular weight excluding hydrogens is 431 g/mol. The van der Waals surface area contributed by atoms with E-state index in [9.17, 15) is 23.4 Å². The molecule has 0 saturated heterocycles. The zero-order chi connectivity index (χ0) is 22.3. The first-order chi connectivity index (χ1) is 14.6. The number of hydrogen-bond donors (Lipinski definition) is 4. The third-order valence-electron chi connectivity index (χ3n) is 5.34. The fraction of sp³-hybridized carbons (Fsp3) is 0.450.